The Hall–Kier alpha value is -1.84. The maximum absolute atomic E-state index is 11.2. The minimum Gasteiger partial charge on any atom is -0.368 e. The zero-order chi connectivity index (χ0) is 17.2. The van der Waals surface area contributed by atoms with E-state index in [-0.39, 0.29) is 5.78 Å². The summed E-state index contributed by atoms with van der Waals surface area (Å²) >= 11 is 0. The predicted octanol–water partition coefficient (Wildman–Crippen LogP) is 3.61. The zero-order valence-corrected chi connectivity index (χ0v) is 14.9. The number of rotatable bonds is 5. The Morgan fingerprint density at radius 2 is 1.70 bits per heavy atom. The number of anilines is 1. The summed E-state index contributed by atoms with van der Waals surface area (Å²) in [6, 6.07) is 7.63. The van der Waals surface area contributed by atoms with Gasteiger partial charge in [-0.3, -0.25) is 9.59 Å². The Morgan fingerprint density at radius 1 is 1.13 bits per heavy atom. The molecular weight excluding hydrogens is 288 g/mol. The van der Waals surface area contributed by atoms with Crippen LogP contribution in [0.2, 0.25) is 0 Å². The van der Waals surface area contributed by atoms with Crippen LogP contribution in [0, 0.1) is 5.92 Å². The molecule has 0 unspecified atom stereocenters. The maximum atomic E-state index is 11.2. The minimum atomic E-state index is 0.0855. The Morgan fingerprint density at radius 3 is 2.04 bits per heavy atom. The maximum Gasteiger partial charge on any atom is 0.209 e. The van der Waals surface area contributed by atoms with Crippen LogP contribution in [0.1, 0.15) is 50.9 Å². The topological polar surface area (TPSA) is 40.6 Å². The highest BCUT2D eigenvalue weighted by atomic mass is 16.1. The molecule has 0 bridgehead atoms. The molecule has 1 aliphatic heterocycles. The molecule has 128 valence electrons. The summed E-state index contributed by atoms with van der Waals surface area (Å²) in [5.41, 5.74) is 1.85. The van der Waals surface area contributed by atoms with E-state index in [0.717, 1.165) is 49.8 Å². The third kappa shape index (κ3) is 6.85. The van der Waals surface area contributed by atoms with Gasteiger partial charge in [0.05, 0.1) is 0 Å². The summed E-state index contributed by atoms with van der Waals surface area (Å²) in [6.07, 6.45) is 3.61. The highest BCUT2D eigenvalue weighted by molar-refractivity contribution is 5.94. The first-order chi connectivity index (χ1) is 11.0. The summed E-state index contributed by atoms with van der Waals surface area (Å²) in [4.78, 5) is 25.8. The van der Waals surface area contributed by atoms with Gasteiger partial charge in [0, 0.05) is 37.4 Å². The lowest BCUT2D eigenvalue weighted by Crippen LogP contribution is -2.45. The van der Waals surface area contributed by atoms with Crippen LogP contribution in [0.5, 0.6) is 0 Å². The highest BCUT2D eigenvalue weighted by Gasteiger charge is 2.15. The summed E-state index contributed by atoms with van der Waals surface area (Å²) in [5, 5.41) is 0. The number of carbonyl (C=O) groups excluding carboxylic acids is 2. The lowest BCUT2D eigenvalue weighted by Gasteiger charge is -2.34. The van der Waals surface area contributed by atoms with Gasteiger partial charge in [-0.1, -0.05) is 33.6 Å². The van der Waals surface area contributed by atoms with Crippen LogP contribution in [0.15, 0.2) is 24.3 Å². The van der Waals surface area contributed by atoms with Crippen molar-refractivity contribution in [1.82, 2.24) is 4.90 Å². The predicted molar refractivity (Wildman–Crippen MR) is 96.0 cm³/mol. The van der Waals surface area contributed by atoms with Crippen LogP contribution in [0.3, 0.4) is 0 Å². The van der Waals surface area contributed by atoms with Gasteiger partial charge in [-0.2, -0.15) is 0 Å². The molecule has 1 aliphatic rings. The molecule has 0 N–H and O–H groups in total. The first-order valence-electron chi connectivity index (χ1n) is 8.53. The third-order valence-corrected chi connectivity index (χ3v) is 3.97. The molecule has 0 saturated carbocycles. The molecule has 1 aromatic carbocycles. The van der Waals surface area contributed by atoms with Crippen molar-refractivity contribution in [3.63, 3.8) is 0 Å². The van der Waals surface area contributed by atoms with Crippen molar-refractivity contribution in [3.05, 3.63) is 29.8 Å². The fourth-order valence-electron chi connectivity index (χ4n) is 2.57. The van der Waals surface area contributed by atoms with E-state index < -0.39 is 0 Å². The average molecular weight is 318 g/mol. The van der Waals surface area contributed by atoms with Crippen molar-refractivity contribution in [2.45, 2.75) is 40.5 Å². The van der Waals surface area contributed by atoms with Gasteiger partial charge in [0.1, 0.15) is 0 Å². The molecule has 4 heteroatoms. The van der Waals surface area contributed by atoms with E-state index in [1.165, 1.54) is 12.8 Å². The number of benzene rings is 1. The van der Waals surface area contributed by atoms with Gasteiger partial charge in [-0.25, -0.2) is 0 Å². The van der Waals surface area contributed by atoms with E-state index in [0.29, 0.717) is 0 Å². The van der Waals surface area contributed by atoms with Crippen LogP contribution in [-0.2, 0) is 4.79 Å². The van der Waals surface area contributed by atoms with Crippen LogP contribution < -0.4 is 4.90 Å². The lowest BCUT2D eigenvalue weighted by molar-refractivity contribution is -0.118. The van der Waals surface area contributed by atoms with Gasteiger partial charge in [-0.15, -0.1) is 0 Å². The normalized spacial score (nSPS) is 14.3. The molecule has 0 aromatic heterocycles. The number of piperazine rings is 1. The smallest absolute Gasteiger partial charge is 0.209 e. The number of carbonyl (C=O) groups is 2. The lowest BCUT2D eigenvalue weighted by atomic mass is 10.1. The van der Waals surface area contributed by atoms with Crippen LogP contribution >= 0.6 is 0 Å². The fourth-order valence-corrected chi connectivity index (χ4v) is 2.57. The standard InChI is InChI=1S/C13H16N2O2.C6H14/c1-11(17)12-2-4-13(5-3-12)15-8-6-14(10-16)7-9-15;1-4-5-6(2)3/h2-5,10H,6-9H2,1H3;6H,4-5H2,1-3H3. The fraction of sp³-hybridized carbons (Fsp3) is 0.579. The third-order valence-electron chi connectivity index (χ3n) is 3.97. The second-order valence-corrected chi connectivity index (χ2v) is 6.41. The SMILES string of the molecule is CC(=O)c1ccc(N2CCN(C=O)CC2)cc1.CCCC(C)C. The summed E-state index contributed by atoms with van der Waals surface area (Å²) in [5.74, 6) is 0.984. The number of amides is 1. The van der Waals surface area contributed by atoms with Crippen molar-refractivity contribution >= 4 is 17.9 Å². The van der Waals surface area contributed by atoms with Crippen molar-refractivity contribution < 1.29 is 9.59 Å². The van der Waals surface area contributed by atoms with Crippen LogP contribution in [0.25, 0.3) is 0 Å². The second-order valence-electron chi connectivity index (χ2n) is 6.41. The first kappa shape index (κ1) is 19.2. The average Bonchev–Trinajstić information content (AvgIpc) is 2.55. The largest absolute Gasteiger partial charge is 0.368 e. The van der Waals surface area contributed by atoms with Gasteiger partial charge in [0.2, 0.25) is 6.41 Å². The number of hydrogen-bond donors (Lipinski definition) is 0. The number of Topliss-reactive ketones (excluding diaryl/α,β-unsaturated/α-hetero) is 1. The van der Waals surface area contributed by atoms with Gasteiger partial charge in [0.25, 0.3) is 0 Å². The number of hydrogen-bond acceptors (Lipinski definition) is 3. The van der Waals surface area contributed by atoms with Gasteiger partial charge in [0.15, 0.2) is 5.78 Å². The Bertz CT molecular complexity index is 475. The number of nitrogens with zero attached hydrogens (tertiary/aromatic N) is 2. The van der Waals surface area contributed by atoms with Crippen molar-refractivity contribution in [3.8, 4) is 0 Å². The molecule has 0 radical (unpaired) electrons. The summed E-state index contributed by atoms with van der Waals surface area (Å²) in [7, 11) is 0. The van der Waals surface area contributed by atoms with E-state index in [1.54, 1.807) is 11.8 Å². The first-order valence-corrected chi connectivity index (χ1v) is 8.53. The summed E-state index contributed by atoms with van der Waals surface area (Å²) in [6.45, 7) is 11.5. The second kappa shape index (κ2) is 10.0. The number of ketones is 1. The van der Waals surface area contributed by atoms with Crippen LogP contribution in [0.4, 0.5) is 5.69 Å². The van der Waals surface area contributed by atoms with Gasteiger partial charge < -0.3 is 9.80 Å². The van der Waals surface area contributed by atoms with Crippen molar-refractivity contribution in [2.75, 3.05) is 31.1 Å². The molecule has 2 rings (SSSR count). The Labute approximate surface area is 140 Å². The van der Waals surface area contributed by atoms with E-state index >= 15 is 0 Å². The van der Waals surface area contributed by atoms with E-state index in [4.69, 9.17) is 0 Å². The molecule has 1 fully saturated rings. The molecule has 0 aliphatic carbocycles. The monoisotopic (exact) mass is 318 g/mol. The molecule has 1 amide bonds. The molecule has 0 atom stereocenters. The molecule has 1 saturated heterocycles. The Kier molecular flexibility index (Phi) is 8.38. The molecule has 4 nitrogen and oxygen atoms in total. The molecule has 0 spiro atoms. The molecule has 1 aromatic rings. The minimum absolute atomic E-state index is 0.0855. The zero-order valence-electron chi connectivity index (χ0n) is 14.9. The van der Waals surface area contributed by atoms with E-state index in [1.807, 2.05) is 24.3 Å². The Balaban J connectivity index is 0.000000379. The van der Waals surface area contributed by atoms with E-state index in [2.05, 4.69) is 25.7 Å². The van der Waals surface area contributed by atoms with Crippen molar-refractivity contribution in [2.24, 2.45) is 5.92 Å². The summed E-state index contributed by atoms with van der Waals surface area (Å²) < 4.78 is 0. The molecule has 23 heavy (non-hydrogen) atoms. The molecule has 1 heterocycles. The van der Waals surface area contributed by atoms with Gasteiger partial charge in [-0.05, 0) is 37.1 Å². The van der Waals surface area contributed by atoms with Gasteiger partial charge >= 0.3 is 0 Å². The van der Waals surface area contributed by atoms with E-state index in [9.17, 15) is 9.59 Å². The van der Waals surface area contributed by atoms with Crippen LogP contribution in [-0.4, -0.2) is 43.3 Å². The molecular formula is C19H30N2O2. The highest BCUT2D eigenvalue weighted by Crippen LogP contribution is 2.17. The quantitative estimate of drug-likeness (QED) is 0.615. The van der Waals surface area contributed by atoms with Crippen molar-refractivity contribution in [1.29, 1.82) is 0 Å².